The molecule has 1 aliphatic heterocycles. The minimum absolute atomic E-state index is 0.132. The third kappa shape index (κ3) is 4.30. The Morgan fingerprint density at radius 2 is 1.96 bits per heavy atom. The van der Waals surface area contributed by atoms with Crippen molar-refractivity contribution in [2.24, 2.45) is 5.92 Å². The number of carbonyl (C=O) groups is 1. The van der Waals surface area contributed by atoms with E-state index in [1.165, 1.54) is 13.0 Å². The Kier molecular flexibility index (Phi) is 5.81. The van der Waals surface area contributed by atoms with Gasteiger partial charge in [0, 0.05) is 43.5 Å². The molecule has 1 aromatic carbocycles. The zero-order chi connectivity index (χ0) is 19.6. The second kappa shape index (κ2) is 7.94. The number of rotatable bonds is 6. The van der Waals surface area contributed by atoms with E-state index in [9.17, 15) is 13.2 Å². The average Bonchev–Trinajstić information content (AvgIpc) is 3.10. The van der Waals surface area contributed by atoms with Crippen molar-refractivity contribution in [3.8, 4) is 0 Å². The number of aromatic nitrogens is 2. The van der Waals surface area contributed by atoms with E-state index in [1.54, 1.807) is 22.5 Å². The molecule has 1 aromatic heterocycles. The van der Waals surface area contributed by atoms with Gasteiger partial charge in [0.2, 0.25) is 10.0 Å². The first-order chi connectivity index (χ1) is 12.8. The molecule has 1 fully saturated rings. The predicted octanol–water partition coefficient (Wildman–Crippen LogP) is 3.31. The lowest BCUT2D eigenvalue weighted by Gasteiger charge is -2.31. The Hall–Kier alpha value is -1.99. The van der Waals surface area contributed by atoms with E-state index in [4.69, 9.17) is 0 Å². The number of sulfonamides is 1. The summed E-state index contributed by atoms with van der Waals surface area (Å²) < 4.78 is 29.6. The number of hydrogen-bond donors (Lipinski definition) is 0. The maximum Gasteiger partial charge on any atom is 0.243 e. The van der Waals surface area contributed by atoms with Crippen LogP contribution in [0.1, 0.15) is 55.7 Å². The first kappa shape index (κ1) is 19.8. The SMILES string of the molecule is CC(=O)c1cccc(S(=O)(=O)N2CCC(Cn3ccnc3C(C)C)CC2)c1. The average molecular weight is 390 g/mol. The van der Waals surface area contributed by atoms with Crippen molar-refractivity contribution in [3.05, 3.63) is 48.0 Å². The third-order valence-electron chi connectivity index (χ3n) is 5.17. The van der Waals surface area contributed by atoms with Crippen LogP contribution in [0, 0.1) is 5.92 Å². The van der Waals surface area contributed by atoms with E-state index in [1.807, 2.05) is 12.4 Å². The summed E-state index contributed by atoms with van der Waals surface area (Å²) >= 11 is 0. The van der Waals surface area contributed by atoms with Gasteiger partial charge in [-0.2, -0.15) is 4.31 Å². The number of hydrogen-bond acceptors (Lipinski definition) is 4. The van der Waals surface area contributed by atoms with Gasteiger partial charge < -0.3 is 4.57 Å². The normalized spacial score (nSPS) is 16.7. The van der Waals surface area contributed by atoms with Gasteiger partial charge in [0.1, 0.15) is 5.82 Å². The Bertz CT molecular complexity index is 910. The molecule has 3 rings (SSSR count). The topological polar surface area (TPSA) is 72.3 Å². The van der Waals surface area contributed by atoms with Crippen molar-refractivity contribution in [2.45, 2.75) is 51.0 Å². The first-order valence-electron chi connectivity index (χ1n) is 9.41. The molecule has 0 saturated carbocycles. The Labute approximate surface area is 161 Å². The molecule has 2 heterocycles. The molecular formula is C20H27N3O3S. The fourth-order valence-electron chi connectivity index (χ4n) is 3.61. The molecule has 7 heteroatoms. The maximum absolute atomic E-state index is 12.9. The molecule has 1 aliphatic rings. The summed E-state index contributed by atoms with van der Waals surface area (Å²) in [7, 11) is -3.56. The largest absolute Gasteiger partial charge is 0.334 e. The first-order valence-corrected chi connectivity index (χ1v) is 10.8. The number of imidazole rings is 1. The summed E-state index contributed by atoms with van der Waals surface area (Å²) in [5.41, 5.74) is 0.423. The highest BCUT2D eigenvalue weighted by Gasteiger charge is 2.30. The fraction of sp³-hybridized carbons (Fsp3) is 0.500. The number of piperidine rings is 1. The zero-order valence-electron chi connectivity index (χ0n) is 16.1. The van der Waals surface area contributed by atoms with E-state index in [2.05, 4.69) is 23.4 Å². The minimum atomic E-state index is -3.56. The van der Waals surface area contributed by atoms with Crippen molar-refractivity contribution in [2.75, 3.05) is 13.1 Å². The monoisotopic (exact) mass is 389 g/mol. The van der Waals surface area contributed by atoms with Gasteiger partial charge in [-0.05, 0) is 37.8 Å². The summed E-state index contributed by atoms with van der Waals surface area (Å²) in [6.45, 7) is 7.58. The van der Waals surface area contributed by atoms with Crippen LogP contribution in [0.4, 0.5) is 0 Å². The summed E-state index contributed by atoms with van der Waals surface area (Å²) in [4.78, 5) is 16.2. The molecule has 2 aromatic rings. The maximum atomic E-state index is 12.9. The van der Waals surface area contributed by atoms with Crippen molar-refractivity contribution >= 4 is 15.8 Å². The third-order valence-corrected chi connectivity index (χ3v) is 7.07. The van der Waals surface area contributed by atoms with E-state index >= 15 is 0 Å². The van der Waals surface area contributed by atoms with Crippen LogP contribution in [-0.4, -0.2) is 41.1 Å². The van der Waals surface area contributed by atoms with Crippen LogP contribution in [0.5, 0.6) is 0 Å². The molecule has 0 amide bonds. The van der Waals surface area contributed by atoms with E-state index in [0.717, 1.165) is 25.2 Å². The molecule has 27 heavy (non-hydrogen) atoms. The van der Waals surface area contributed by atoms with Crippen LogP contribution in [0.25, 0.3) is 0 Å². The number of carbonyl (C=O) groups excluding carboxylic acids is 1. The lowest BCUT2D eigenvalue weighted by molar-refractivity contribution is 0.101. The highest BCUT2D eigenvalue weighted by Crippen LogP contribution is 2.26. The van der Waals surface area contributed by atoms with Crippen molar-refractivity contribution in [1.82, 2.24) is 13.9 Å². The summed E-state index contributed by atoms with van der Waals surface area (Å²) in [6.07, 6.45) is 5.48. The summed E-state index contributed by atoms with van der Waals surface area (Å²) in [5, 5.41) is 0. The molecule has 0 atom stereocenters. The molecule has 0 N–H and O–H groups in total. The summed E-state index contributed by atoms with van der Waals surface area (Å²) in [6, 6.07) is 6.31. The van der Waals surface area contributed by atoms with Gasteiger partial charge in [0.25, 0.3) is 0 Å². The standard InChI is InChI=1S/C20H27N3O3S/c1-15(2)20-21-9-12-22(20)14-17-7-10-23(11-8-17)27(25,26)19-6-4-5-18(13-19)16(3)24/h4-6,9,12-13,15,17H,7-8,10-11,14H2,1-3H3. The molecule has 0 unspecified atom stereocenters. The molecule has 6 nitrogen and oxygen atoms in total. The number of Topliss-reactive ketones (excluding diaryl/α,β-unsaturated/α-hetero) is 1. The van der Waals surface area contributed by atoms with E-state index in [0.29, 0.717) is 30.5 Å². The lowest BCUT2D eigenvalue weighted by atomic mass is 9.98. The molecular weight excluding hydrogens is 362 g/mol. The second-order valence-corrected chi connectivity index (χ2v) is 9.46. The van der Waals surface area contributed by atoms with Gasteiger partial charge in [-0.25, -0.2) is 13.4 Å². The Balaban J connectivity index is 1.67. The van der Waals surface area contributed by atoms with Crippen LogP contribution in [-0.2, 0) is 16.6 Å². The minimum Gasteiger partial charge on any atom is -0.334 e. The van der Waals surface area contributed by atoms with Gasteiger partial charge in [0.05, 0.1) is 4.90 Å². The fourth-order valence-corrected chi connectivity index (χ4v) is 5.13. The van der Waals surface area contributed by atoms with Crippen LogP contribution >= 0.6 is 0 Å². The number of nitrogens with zero attached hydrogens (tertiary/aromatic N) is 3. The molecule has 0 aliphatic carbocycles. The Morgan fingerprint density at radius 3 is 2.59 bits per heavy atom. The van der Waals surface area contributed by atoms with Crippen LogP contribution in [0.3, 0.4) is 0 Å². The van der Waals surface area contributed by atoms with Crippen molar-refractivity contribution in [1.29, 1.82) is 0 Å². The van der Waals surface area contributed by atoms with Crippen LogP contribution < -0.4 is 0 Å². The molecule has 0 spiro atoms. The van der Waals surface area contributed by atoms with Crippen molar-refractivity contribution < 1.29 is 13.2 Å². The van der Waals surface area contributed by atoms with E-state index in [-0.39, 0.29) is 10.7 Å². The van der Waals surface area contributed by atoms with Gasteiger partial charge in [0.15, 0.2) is 5.78 Å². The number of ketones is 1. The Morgan fingerprint density at radius 1 is 1.26 bits per heavy atom. The smallest absolute Gasteiger partial charge is 0.243 e. The molecule has 0 bridgehead atoms. The number of benzene rings is 1. The van der Waals surface area contributed by atoms with Gasteiger partial charge in [-0.3, -0.25) is 4.79 Å². The van der Waals surface area contributed by atoms with Crippen LogP contribution in [0.2, 0.25) is 0 Å². The quantitative estimate of drug-likeness (QED) is 0.711. The second-order valence-electron chi connectivity index (χ2n) is 7.52. The highest BCUT2D eigenvalue weighted by molar-refractivity contribution is 7.89. The zero-order valence-corrected chi connectivity index (χ0v) is 16.9. The van der Waals surface area contributed by atoms with Crippen molar-refractivity contribution in [3.63, 3.8) is 0 Å². The highest BCUT2D eigenvalue weighted by atomic mass is 32.2. The van der Waals surface area contributed by atoms with Crippen LogP contribution in [0.15, 0.2) is 41.6 Å². The summed E-state index contributed by atoms with van der Waals surface area (Å²) in [5.74, 6) is 1.75. The predicted molar refractivity (Wildman–Crippen MR) is 104 cm³/mol. The van der Waals surface area contributed by atoms with Gasteiger partial charge >= 0.3 is 0 Å². The molecule has 0 radical (unpaired) electrons. The van der Waals surface area contributed by atoms with Gasteiger partial charge in [-0.1, -0.05) is 26.0 Å². The van der Waals surface area contributed by atoms with Gasteiger partial charge in [-0.15, -0.1) is 0 Å². The molecule has 146 valence electrons. The lowest BCUT2D eigenvalue weighted by Crippen LogP contribution is -2.39. The molecule has 1 saturated heterocycles. The van der Waals surface area contributed by atoms with E-state index < -0.39 is 10.0 Å².